The predicted octanol–water partition coefficient (Wildman–Crippen LogP) is 3.21. The SMILES string of the molecule is C[C@H](O)c1cccnc1Oc1ccc(F)cc1F. The second-order valence-corrected chi connectivity index (χ2v) is 3.75. The minimum absolute atomic E-state index is 0.0954. The molecule has 2 aromatic rings. The average Bonchev–Trinajstić information content (AvgIpc) is 2.33. The van der Waals surface area contributed by atoms with E-state index in [4.69, 9.17) is 4.74 Å². The first-order valence-electron chi connectivity index (χ1n) is 5.34. The molecule has 0 spiro atoms. The smallest absolute Gasteiger partial charge is 0.225 e. The molecule has 0 unspecified atom stereocenters. The van der Waals surface area contributed by atoms with E-state index in [0.29, 0.717) is 5.56 Å². The Hall–Kier alpha value is -2.01. The summed E-state index contributed by atoms with van der Waals surface area (Å²) in [5.41, 5.74) is 0.432. The van der Waals surface area contributed by atoms with Crippen molar-refractivity contribution in [2.75, 3.05) is 0 Å². The van der Waals surface area contributed by atoms with Gasteiger partial charge in [-0.1, -0.05) is 0 Å². The lowest BCUT2D eigenvalue weighted by Crippen LogP contribution is -1.99. The summed E-state index contributed by atoms with van der Waals surface area (Å²) < 4.78 is 31.4. The summed E-state index contributed by atoms with van der Waals surface area (Å²) >= 11 is 0. The van der Waals surface area contributed by atoms with Crippen LogP contribution in [-0.2, 0) is 0 Å². The first-order chi connectivity index (χ1) is 8.58. The molecule has 1 aromatic heterocycles. The lowest BCUT2D eigenvalue weighted by Gasteiger charge is -2.11. The Labute approximate surface area is 103 Å². The minimum Gasteiger partial charge on any atom is -0.436 e. The van der Waals surface area contributed by atoms with Gasteiger partial charge in [0.15, 0.2) is 11.6 Å². The second-order valence-electron chi connectivity index (χ2n) is 3.75. The van der Waals surface area contributed by atoms with Crippen LogP contribution in [0.15, 0.2) is 36.5 Å². The lowest BCUT2D eigenvalue weighted by atomic mass is 10.2. The molecule has 1 atom stereocenters. The Morgan fingerprint density at radius 1 is 1.28 bits per heavy atom. The van der Waals surface area contributed by atoms with Crippen molar-refractivity contribution in [2.24, 2.45) is 0 Å². The van der Waals surface area contributed by atoms with E-state index in [2.05, 4.69) is 4.98 Å². The van der Waals surface area contributed by atoms with Gasteiger partial charge in [-0.05, 0) is 31.2 Å². The molecule has 3 nitrogen and oxygen atoms in total. The molecule has 0 bridgehead atoms. The molecule has 0 saturated heterocycles. The molecule has 1 N–H and O–H groups in total. The molecule has 5 heteroatoms. The van der Waals surface area contributed by atoms with E-state index in [1.54, 1.807) is 19.1 Å². The van der Waals surface area contributed by atoms with E-state index in [9.17, 15) is 13.9 Å². The Morgan fingerprint density at radius 2 is 2.06 bits per heavy atom. The maximum Gasteiger partial charge on any atom is 0.225 e. The molecule has 0 aliphatic heterocycles. The van der Waals surface area contributed by atoms with Gasteiger partial charge in [0.2, 0.25) is 5.88 Å². The molecule has 0 amide bonds. The number of hydrogen-bond donors (Lipinski definition) is 1. The summed E-state index contributed by atoms with van der Waals surface area (Å²) in [6.45, 7) is 1.55. The monoisotopic (exact) mass is 251 g/mol. The zero-order valence-corrected chi connectivity index (χ0v) is 9.60. The van der Waals surface area contributed by atoms with Crippen molar-refractivity contribution in [3.05, 3.63) is 53.7 Å². The van der Waals surface area contributed by atoms with E-state index < -0.39 is 17.7 Å². The predicted molar refractivity (Wildman–Crippen MR) is 61.3 cm³/mol. The molecule has 18 heavy (non-hydrogen) atoms. The van der Waals surface area contributed by atoms with Gasteiger partial charge in [0.25, 0.3) is 0 Å². The molecule has 0 radical (unpaired) electrons. The van der Waals surface area contributed by atoms with E-state index >= 15 is 0 Å². The molecule has 94 valence electrons. The maximum atomic E-state index is 13.4. The van der Waals surface area contributed by atoms with Gasteiger partial charge in [0.05, 0.1) is 6.10 Å². The van der Waals surface area contributed by atoms with Crippen LogP contribution >= 0.6 is 0 Å². The number of aromatic nitrogens is 1. The van der Waals surface area contributed by atoms with Crippen molar-refractivity contribution in [1.82, 2.24) is 4.98 Å². The van der Waals surface area contributed by atoms with Crippen LogP contribution in [0.5, 0.6) is 11.6 Å². The molecule has 2 rings (SSSR count). The van der Waals surface area contributed by atoms with Crippen LogP contribution < -0.4 is 4.74 Å². The molecular formula is C13H11F2NO2. The standard InChI is InChI=1S/C13H11F2NO2/c1-8(17)10-3-2-6-16-13(10)18-12-5-4-9(14)7-11(12)15/h2-8,17H,1H3/t8-/m0/s1. The Balaban J connectivity index is 2.34. The molecule has 0 saturated carbocycles. The van der Waals surface area contributed by atoms with Gasteiger partial charge >= 0.3 is 0 Å². The van der Waals surface area contributed by atoms with Crippen LogP contribution in [0.25, 0.3) is 0 Å². The van der Waals surface area contributed by atoms with Crippen molar-refractivity contribution in [1.29, 1.82) is 0 Å². The lowest BCUT2D eigenvalue weighted by molar-refractivity contribution is 0.194. The molecule has 1 aromatic carbocycles. The number of hydrogen-bond acceptors (Lipinski definition) is 3. The number of benzene rings is 1. The maximum absolute atomic E-state index is 13.4. The molecule has 0 fully saturated rings. The number of rotatable bonds is 3. The Bertz CT molecular complexity index is 558. The van der Waals surface area contributed by atoms with Gasteiger partial charge in [-0.25, -0.2) is 13.8 Å². The largest absolute Gasteiger partial charge is 0.436 e. The normalized spacial score (nSPS) is 12.2. The topological polar surface area (TPSA) is 42.4 Å². The van der Waals surface area contributed by atoms with Gasteiger partial charge in [0.1, 0.15) is 5.82 Å². The summed E-state index contributed by atoms with van der Waals surface area (Å²) in [4.78, 5) is 3.92. The van der Waals surface area contributed by atoms with E-state index in [1.807, 2.05) is 0 Å². The van der Waals surface area contributed by atoms with Gasteiger partial charge in [-0.2, -0.15) is 0 Å². The highest BCUT2D eigenvalue weighted by molar-refractivity contribution is 5.34. The third-order valence-electron chi connectivity index (χ3n) is 2.35. The number of halogens is 2. The number of aliphatic hydroxyl groups is 1. The first-order valence-corrected chi connectivity index (χ1v) is 5.34. The fourth-order valence-corrected chi connectivity index (χ4v) is 1.47. The van der Waals surface area contributed by atoms with Crippen LogP contribution in [0, 0.1) is 11.6 Å². The average molecular weight is 251 g/mol. The molecular weight excluding hydrogens is 240 g/mol. The fourth-order valence-electron chi connectivity index (χ4n) is 1.47. The number of pyridine rings is 1. The summed E-state index contributed by atoms with van der Waals surface area (Å²) in [6.07, 6.45) is 0.667. The van der Waals surface area contributed by atoms with Crippen LogP contribution in [0.4, 0.5) is 8.78 Å². The summed E-state index contributed by atoms with van der Waals surface area (Å²) in [7, 11) is 0. The number of nitrogens with zero attached hydrogens (tertiary/aromatic N) is 1. The summed E-state index contributed by atoms with van der Waals surface area (Å²) in [5, 5.41) is 9.52. The highest BCUT2D eigenvalue weighted by Gasteiger charge is 2.13. The number of ether oxygens (including phenoxy) is 1. The van der Waals surface area contributed by atoms with Gasteiger partial charge < -0.3 is 9.84 Å². The first kappa shape index (κ1) is 12.4. The minimum atomic E-state index is -0.822. The van der Waals surface area contributed by atoms with Crippen molar-refractivity contribution in [3.63, 3.8) is 0 Å². The van der Waals surface area contributed by atoms with Crippen molar-refractivity contribution >= 4 is 0 Å². The van der Waals surface area contributed by atoms with Crippen LogP contribution in [0.2, 0.25) is 0 Å². The highest BCUT2D eigenvalue weighted by Crippen LogP contribution is 2.28. The van der Waals surface area contributed by atoms with Crippen LogP contribution in [-0.4, -0.2) is 10.1 Å². The van der Waals surface area contributed by atoms with Crippen molar-refractivity contribution in [3.8, 4) is 11.6 Å². The van der Waals surface area contributed by atoms with E-state index in [0.717, 1.165) is 12.1 Å². The third-order valence-corrected chi connectivity index (χ3v) is 2.35. The van der Waals surface area contributed by atoms with Crippen LogP contribution in [0.3, 0.4) is 0 Å². The summed E-state index contributed by atoms with van der Waals surface area (Å²) in [6, 6.07) is 6.24. The Morgan fingerprint density at radius 3 is 2.72 bits per heavy atom. The van der Waals surface area contributed by atoms with Gasteiger partial charge in [-0.3, -0.25) is 0 Å². The Kier molecular flexibility index (Phi) is 3.53. The summed E-state index contributed by atoms with van der Waals surface area (Å²) in [5.74, 6) is -1.55. The zero-order valence-electron chi connectivity index (χ0n) is 9.60. The van der Waals surface area contributed by atoms with Crippen molar-refractivity contribution in [2.45, 2.75) is 13.0 Å². The van der Waals surface area contributed by atoms with E-state index in [-0.39, 0.29) is 11.6 Å². The van der Waals surface area contributed by atoms with Crippen molar-refractivity contribution < 1.29 is 18.6 Å². The van der Waals surface area contributed by atoms with Crippen LogP contribution in [0.1, 0.15) is 18.6 Å². The van der Waals surface area contributed by atoms with E-state index in [1.165, 1.54) is 12.3 Å². The second kappa shape index (κ2) is 5.10. The molecule has 0 aliphatic rings. The highest BCUT2D eigenvalue weighted by atomic mass is 19.1. The third kappa shape index (κ3) is 2.62. The van der Waals surface area contributed by atoms with Gasteiger partial charge in [0, 0.05) is 17.8 Å². The molecule has 1 heterocycles. The quantitative estimate of drug-likeness (QED) is 0.910. The molecule has 0 aliphatic carbocycles. The zero-order chi connectivity index (χ0) is 13.1. The van der Waals surface area contributed by atoms with Gasteiger partial charge in [-0.15, -0.1) is 0 Å². The number of aliphatic hydroxyl groups excluding tert-OH is 1. The fraction of sp³-hybridized carbons (Fsp3) is 0.154.